The number of esters is 1. The van der Waals surface area contributed by atoms with Gasteiger partial charge in [-0.3, -0.25) is 9.48 Å². The summed E-state index contributed by atoms with van der Waals surface area (Å²) in [4.78, 5) is 24.6. The Hall–Kier alpha value is -3.15. The summed E-state index contributed by atoms with van der Waals surface area (Å²) in [5.74, 6) is -0.428. The van der Waals surface area contributed by atoms with E-state index in [0.29, 0.717) is 23.4 Å². The summed E-state index contributed by atoms with van der Waals surface area (Å²) in [6.07, 6.45) is 3.36. The van der Waals surface area contributed by atoms with Gasteiger partial charge in [0, 0.05) is 29.9 Å². The van der Waals surface area contributed by atoms with Crippen molar-refractivity contribution >= 4 is 5.97 Å². The first-order valence-corrected chi connectivity index (χ1v) is 8.45. The fourth-order valence-electron chi connectivity index (χ4n) is 2.91. The molecule has 0 bridgehead atoms. The minimum absolute atomic E-state index is 0.0666. The van der Waals surface area contributed by atoms with Gasteiger partial charge < -0.3 is 9.30 Å². The molecule has 3 rings (SSSR count). The van der Waals surface area contributed by atoms with E-state index in [4.69, 9.17) is 4.74 Å². The molecule has 0 saturated heterocycles. The molecule has 0 aliphatic heterocycles. The van der Waals surface area contributed by atoms with Crippen LogP contribution in [-0.4, -0.2) is 26.9 Å². The molecule has 0 aliphatic carbocycles. The standard InChI is InChI=1S/C20H21N3O3/c1-4-26-20(25)18-17(16-10-14(2)19(24)22(3)13-16)11-21-23(18)12-15-8-6-5-7-9-15/h5-11,13H,4,12H2,1-3H3. The van der Waals surface area contributed by atoms with Crippen molar-refractivity contribution in [1.82, 2.24) is 14.3 Å². The predicted octanol–water partition coefficient (Wildman–Crippen LogP) is 2.78. The monoisotopic (exact) mass is 351 g/mol. The lowest BCUT2D eigenvalue weighted by molar-refractivity contribution is 0.0513. The lowest BCUT2D eigenvalue weighted by atomic mass is 10.1. The second kappa shape index (κ2) is 7.39. The van der Waals surface area contributed by atoms with Crippen molar-refractivity contribution in [1.29, 1.82) is 0 Å². The van der Waals surface area contributed by atoms with Crippen LogP contribution >= 0.6 is 0 Å². The van der Waals surface area contributed by atoms with Crippen molar-refractivity contribution in [3.8, 4) is 11.1 Å². The van der Waals surface area contributed by atoms with Gasteiger partial charge in [-0.25, -0.2) is 4.79 Å². The molecule has 26 heavy (non-hydrogen) atoms. The van der Waals surface area contributed by atoms with Crippen molar-refractivity contribution in [2.24, 2.45) is 7.05 Å². The van der Waals surface area contributed by atoms with Crippen LogP contribution in [0.2, 0.25) is 0 Å². The number of carbonyl (C=O) groups is 1. The Kier molecular flexibility index (Phi) is 5.02. The zero-order valence-corrected chi connectivity index (χ0v) is 15.1. The second-order valence-corrected chi connectivity index (χ2v) is 6.10. The minimum Gasteiger partial charge on any atom is -0.461 e. The number of hydrogen-bond donors (Lipinski definition) is 0. The minimum atomic E-state index is -0.428. The third-order valence-corrected chi connectivity index (χ3v) is 4.16. The SMILES string of the molecule is CCOC(=O)c1c(-c2cc(C)c(=O)n(C)c2)cnn1Cc1ccccc1. The molecular formula is C20H21N3O3. The third kappa shape index (κ3) is 3.44. The first-order valence-electron chi connectivity index (χ1n) is 8.45. The van der Waals surface area contributed by atoms with Gasteiger partial charge in [0.1, 0.15) is 0 Å². The van der Waals surface area contributed by atoms with Crippen LogP contribution in [0.3, 0.4) is 0 Å². The van der Waals surface area contributed by atoms with Gasteiger partial charge in [0.05, 0.1) is 19.3 Å². The predicted molar refractivity (Wildman–Crippen MR) is 99.1 cm³/mol. The summed E-state index contributed by atoms with van der Waals surface area (Å²) < 4.78 is 8.39. The van der Waals surface area contributed by atoms with E-state index < -0.39 is 5.97 Å². The number of nitrogens with zero attached hydrogens (tertiary/aromatic N) is 3. The molecule has 0 fully saturated rings. The van der Waals surface area contributed by atoms with Crippen LogP contribution in [-0.2, 0) is 18.3 Å². The van der Waals surface area contributed by atoms with E-state index >= 15 is 0 Å². The number of rotatable bonds is 5. The van der Waals surface area contributed by atoms with E-state index in [0.717, 1.165) is 11.1 Å². The summed E-state index contributed by atoms with van der Waals surface area (Å²) in [7, 11) is 1.69. The Morgan fingerprint density at radius 1 is 1.23 bits per heavy atom. The highest BCUT2D eigenvalue weighted by Crippen LogP contribution is 2.25. The average Bonchev–Trinajstić information content (AvgIpc) is 3.04. The number of aromatic nitrogens is 3. The third-order valence-electron chi connectivity index (χ3n) is 4.16. The Morgan fingerprint density at radius 3 is 2.62 bits per heavy atom. The first kappa shape index (κ1) is 17.7. The summed E-state index contributed by atoms with van der Waals surface area (Å²) in [5.41, 5.74) is 3.36. The number of benzene rings is 1. The van der Waals surface area contributed by atoms with Gasteiger partial charge in [0.15, 0.2) is 5.69 Å². The van der Waals surface area contributed by atoms with E-state index in [1.54, 1.807) is 44.0 Å². The van der Waals surface area contributed by atoms with Crippen LogP contribution in [0.25, 0.3) is 11.1 Å². The molecular weight excluding hydrogens is 330 g/mol. The zero-order chi connectivity index (χ0) is 18.7. The molecule has 3 aromatic rings. The second-order valence-electron chi connectivity index (χ2n) is 6.10. The van der Waals surface area contributed by atoms with Crippen molar-refractivity contribution < 1.29 is 9.53 Å². The molecule has 0 spiro atoms. The highest BCUT2D eigenvalue weighted by atomic mass is 16.5. The van der Waals surface area contributed by atoms with Crippen LogP contribution in [0.1, 0.15) is 28.5 Å². The Morgan fingerprint density at radius 2 is 1.96 bits per heavy atom. The van der Waals surface area contributed by atoms with Gasteiger partial charge in [-0.1, -0.05) is 30.3 Å². The van der Waals surface area contributed by atoms with E-state index in [9.17, 15) is 9.59 Å². The molecule has 0 radical (unpaired) electrons. The van der Waals surface area contributed by atoms with Crippen LogP contribution < -0.4 is 5.56 Å². The number of hydrogen-bond acceptors (Lipinski definition) is 4. The Labute approximate surface area is 151 Å². The quantitative estimate of drug-likeness (QED) is 0.663. The fraction of sp³-hybridized carbons (Fsp3) is 0.250. The summed E-state index contributed by atoms with van der Waals surface area (Å²) in [6, 6.07) is 11.6. The normalized spacial score (nSPS) is 10.7. The van der Waals surface area contributed by atoms with Gasteiger partial charge in [-0.15, -0.1) is 0 Å². The van der Waals surface area contributed by atoms with Crippen molar-refractivity contribution in [2.45, 2.75) is 20.4 Å². The number of carbonyl (C=O) groups excluding carboxylic acids is 1. The van der Waals surface area contributed by atoms with Crippen LogP contribution in [0.4, 0.5) is 0 Å². The lowest BCUT2D eigenvalue weighted by Crippen LogP contribution is -2.19. The van der Waals surface area contributed by atoms with E-state index in [-0.39, 0.29) is 12.2 Å². The summed E-state index contributed by atoms with van der Waals surface area (Å²) in [6.45, 7) is 4.26. The van der Waals surface area contributed by atoms with Crippen LogP contribution in [0.15, 0.2) is 53.6 Å². The van der Waals surface area contributed by atoms with Gasteiger partial charge >= 0.3 is 5.97 Å². The molecule has 0 amide bonds. The largest absolute Gasteiger partial charge is 0.461 e. The number of aryl methyl sites for hydroxylation is 2. The first-order chi connectivity index (χ1) is 12.5. The van der Waals surface area contributed by atoms with Crippen molar-refractivity contribution in [3.63, 3.8) is 0 Å². The van der Waals surface area contributed by atoms with Crippen LogP contribution in [0, 0.1) is 6.92 Å². The van der Waals surface area contributed by atoms with Crippen LogP contribution in [0.5, 0.6) is 0 Å². The van der Waals surface area contributed by atoms with Gasteiger partial charge in [0.2, 0.25) is 0 Å². The van der Waals surface area contributed by atoms with E-state index in [1.807, 2.05) is 30.3 Å². The molecule has 0 atom stereocenters. The highest BCUT2D eigenvalue weighted by molar-refractivity contribution is 5.95. The van der Waals surface area contributed by atoms with Gasteiger partial charge in [0.25, 0.3) is 5.56 Å². The molecule has 0 N–H and O–H groups in total. The molecule has 0 unspecified atom stereocenters. The molecule has 2 aromatic heterocycles. The zero-order valence-electron chi connectivity index (χ0n) is 15.1. The topological polar surface area (TPSA) is 66.1 Å². The Balaban J connectivity index is 2.11. The molecule has 134 valence electrons. The summed E-state index contributed by atoms with van der Waals surface area (Å²) in [5, 5.41) is 4.40. The maximum absolute atomic E-state index is 12.6. The molecule has 1 aromatic carbocycles. The van der Waals surface area contributed by atoms with Crippen molar-refractivity contribution in [3.05, 3.63) is 76.0 Å². The molecule has 6 heteroatoms. The Bertz CT molecular complexity index is 961. The summed E-state index contributed by atoms with van der Waals surface area (Å²) >= 11 is 0. The number of ether oxygens (including phenoxy) is 1. The fourth-order valence-corrected chi connectivity index (χ4v) is 2.91. The van der Waals surface area contributed by atoms with E-state index in [1.165, 1.54) is 4.57 Å². The number of pyridine rings is 1. The van der Waals surface area contributed by atoms with E-state index in [2.05, 4.69) is 5.10 Å². The van der Waals surface area contributed by atoms with Gasteiger partial charge in [-0.2, -0.15) is 5.10 Å². The maximum Gasteiger partial charge on any atom is 0.357 e. The molecule has 0 saturated carbocycles. The van der Waals surface area contributed by atoms with Crippen molar-refractivity contribution in [2.75, 3.05) is 6.61 Å². The smallest absolute Gasteiger partial charge is 0.357 e. The molecule has 2 heterocycles. The molecule has 6 nitrogen and oxygen atoms in total. The van der Waals surface area contributed by atoms with Gasteiger partial charge in [-0.05, 0) is 25.5 Å². The highest BCUT2D eigenvalue weighted by Gasteiger charge is 2.22. The lowest BCUT2D eigenvalue weighted by Gasteiger charge is -2.10. The average molecular weight is 351 g/mol. The maximum atomic E-state index is 12.6. The molecule has 0 aliphatic rings.